The summed E-state index contributed by atoms with van der Waals surface area (Å²) in [6.07, 6.45) is 0. The van der Waals surface area contributed by atoms with Crippen molar-refractivity contribution in [3.8, 4) is 5.75 Å². The van der Waals surface area contributed by atoms with Gasteiger partial charge in [0.05, 0.1) is 5.56 Å². The molecule has 0 bridgehead atoms. The second-order valence-electron chi connectivity index (χ2n) is 5.15. The second kappa shape index (κ2) is 6.41. The third-order valence-corrected chi connectivity index (χ3v) is 3.47. The van der Waals surface area contributed by atoms with Gasteiger partial charge in [-0.25, -0.2) is 0 Å². The van der Waals surface area contributed by atoms with Crippen LogP contribution in [0.5, 0.6) is 5.75 Å². The smallest absolute Gasteiger partial charge is 0.257 e. The summed E-state index contributed by atoms with van der Waals surface area (Å²) in [5.41, 5.74) is 9.01. The lowest BCUT2D eigenvalue weighted by atomic mass is 10.1. The minimum atomic E-state index is -0.206. The molecule has 1 amide bonds. The highest BCUT2D eigenvalue weighted by Gasteiger charge is 2.16. The molecule has 0 aliphatic carbocycles. The predicted molar refractivity (Wildman–Crippen MR) is 83.0 cm³/mol. The largest absolute Gasteiger partial charge is 0.507 e. The number of aryl methyl sites for hydroxylation is 1. The molecule has 0 saturated heterocycles. The van der Waals surface area contributed by atoms with Crippen LogP contribution in [-0.4, -0.2) is 23.0 Å². The first-order valence-electron chi connectivity index (χ1n) is 6.85. The lowest BCUT2D eigenvalue weighted by Crippen LogP contribution is -2.27. The molecule has 0 atom stereocenters. The summed E-state index contributed by atoms with van der Waals surface area (Å²) in [7, 11) is 1.72. The Morgan fingerprint density at radius 1 is 1.19 bits per heavy atom. The molecule has 0 aromatic heterocycles. The summed E-state index contributed by atoms with van der Waals surface area (Å²) in [5.74, 6) is -0.201. The van der Waals surface area contributed by atoms with Gasteiger partial charge in [0, 0.05) is 20.1 Å². The van der Waals surface area contributed by atoms with E-state index in [1.807, 2.05) is 31.2 Å². The van der Waals surface area contributed by atoms with Crippen LogP contribution in [0.2, 0.25) is 0 Å². The van der Waals surface area contributed by atoms with E-state index in [9.17, 15) is 9.90 Å². The van der Waals surface area contributed by atoms with Gasteiger partial charge in [0.1, 0.15) is 5.75 Å². The first kappa shape index (κ1) is 15.1. The number of rotatable bonds is 4. The van der Waals surface area contributed by atoms with Gasteiger partial charge in [0.15, 0.2) is 0 Å². The second-order valence-corrected chi connectivity index (χ2v) is 5.15. The summed E-state index contributed by atoms with van der Waals surface area (Å²) < 4.78 is 0. The molecule has 4 nitrogen and oxygen atoms in total. The van der Waals surface area contributed by atoms with Crippen molar-refractivity contribution in [1.82, 2.24) is 4.90 Å². The Hall–Kier alpha value is -2.33. The Morgan fingerprint density at radius 3 is 2.52 bits per heavy atom. The average molecular weight is 284 g/mol. The molecule has 2 aromatic rings. The maximum absolute atomic E-state index is 12.5. The highest BCUT2D eigenvalue weighted by Crippen LogP contribution is 2.21. The summed E-state index contributed by atoms with van der Waals surface area (Å²) in [5, 5.41) is 9.85. The molecule has 21 heavy (non-hydrogen) atoms. The van der Waals surface area contributed by atoms with Gasteiger partial charge in [0.2, 0.25) is 0 Å². The Kier molecular flexibility index (Phi) is 4.60. The molecular formula is C17H20N2O2. The third kappa shape index (κ3) is 3.41. The van der Waals surface area contributed by atoms with Gasteiger partial charge in [0.25, 0.3) is 5.91 Å². The molecule has 0 unspecified atom stereocenters. The van der Waals surface area contributed by atoms with Crippen LogP contribution < -0.4 is 5.73 Å². The molecule has 0 saturated carbocycles. The van der Waals surface area contributed by atoms with Gasteiger partial charge in [-0.2, -0.15) is 0 Å². The number of hydrogen-bond donors (Lipinski definition) is 2. The van der Waals surface area contributed by atoms with Crippen molar-refractivity contribution in [2.75, 3.05) is 7.05 Å². The van der Waals surface area contributed by atoms with Gasteiger partial charge in [-0.3, -0.25) is 4.79 Å². The normalized spacial score (nSPS) is 10.4. The van der Waals surface area contributed by atoms with E-state index in [2.05, 4.69) is 0 Å². The monoisotopic (exact) mass is 284 g/mol. The molecular weight excluding hydrogens is 264 g/mol. The van der Waals surface area contributed by atoms with Crippen LogP contribution in [-0.2, 0) is 13.1 Å². The van der Waals surface area contributed by atoms with Crippen LogP contribution in [0.3, 0.4) is 0 Å². The van der Waals surface area contributed by atoms with Gasteiger partial charge in [-0.1, -0.05) is 35.9 Å². The number of carbonyl (C=O) groups is 1. The van der Waals surface area contributed by atoms with Crippen LogP contribution in [0.25, 0.3) is 0 Å². The topological polar surface area (TPSA) is 66.6 Å². The quantitative estimate of drug-likeness (QED) is 0.906. The zero-order valence-electron chi connectivity index (χ0n) is 12.3. The Bertz CT molecular complexity index is 653. The number of nitrogens with zero attached hydrogens (tertiary/aromatic N) is 1. The minimum absolute atomic E-state index is 0.00422. The maximum atomic E-state index is 12.5. The molecule has 0 spiro atoms. The van der Waals surface area contributed by atoms with Crippen LogP contribution in [0, 0.1) is 6.92 Å². The van der Waals surface area contributed by atoms with E-state index in [0.29, 0.717) is 18.7 Å². The predicted octanol–water partition coefficient (Wildman–Crippen LogP) is 2.43. The van der Waals surface area contributed by atoms with Crippen molar-refractivity contribution in [1.29, 1.82) is 0 Å². The van der Waals surface area contributed by atoms with Crippen molar-refractivity contribution in [3.05, 3.63) is 64.7 Å². The molecule has 0 radical (unpaired) electrons. The molecule has 0 fully saturated rings. The van der Waals surface area contributed by atoms with Crippen LogP contribution in [0.15, 0.2) is 42.5 Å². The Balaban J connectivity index is 2.22. The number of nitrogens with two attached hydrogens (primary N) is 1. The first-order valence-corrected chi connectivity index (χ1v) is 6.85. The fraction of sp³-hybridized carbons (Fsp3) is 0.235. The van der Waals surface area contributed by atoms with Crippen LogP contribution >= 0.6 is 0 Å². The minimum Gasteiger partial charge on any atom is -0.507 e. The van der Waals surface area contributed by atoms with E-state index in [1.54, 1.807) is 30.1 Å². The highest BCUT2D eigenvalue weighted by atomic mass is 16.3. The number of hydrogen-bond acceptors (Lipinski definition) is 3. The Morgan fingerprint density at radius 2 is 1.86 bits per heavy atom. The van der Waals surface area contributed by atoms with E-state index in [-0.39, 0.29) is 11.7 Å². The number of phenols is 1. The summed E-state index contributed by atoms with van der Waals surface area (Å²) in [6.45, 7) is 2.79. The van der Waals surface area contributed by atoms with Gasteiger partial charge >= 0.3 is 0 Å². The van der Waals surface area contributed by atoms with Crippen molar-refractivity contribution >= 4 is 5.91 Å². The fourth-order valence-electron chi connectivity index (χ4n) is 2.27. The Labute approximate surface area is 124 Å². The van der Waals surface area contributed by atoms with Crippen LogP contribution in [0.4, 0.5) is 0 Å². The lowest BCUT2D eigenvalue weighted by molar-refractivity contribution is 0.0781. The molecule has 2 rings (SSSR count). The molecule has 4 heteroatoms. The van der Waals surface area contributed by atoms with Crippen molar-refractivity contribution in [3.63, 3.8) is 0 Å². The molecule has 110 valence electrons. The van der Waals surface area contributed by atoms with Crippen molar-refractivity contribution in [2.45, 2.75) is 20.0 Å². The molecule has 2 aromatic carbocycles. The summed E-state index contributed by atoms with van der Waals surface area (Å²) >= 11 is 0. The zero-order valence-corrected chi connectivity index (χ0v) is 12.3. The van der Waals surface area contributed by atoms with E-state index in [0.717, 1.165) is 16.7 Å². The van der Waals surface area contributed by atoms with Crippen LogP contribution in [0.1, 0.15) is 27.0 Å². The molecule has 0 aliphatic heterocycles. The van der Waals surface area contributed by atoms with E-state index in [1.165, 1.54) is 0 Å². The number of amides is 1. The van der Waals surface area contributed by atoms with Gasteiger partial charge in [-0.05, 0) is 30.2 Å². The standard InChI is InChI=1S/C17H20N2O2/c1-12-7-8-16(20)15(9-12)17(21)19(2)11-14-6-4-3-5-13(14)10-18/h3-9,20H,10-11,18H2,1-2H3. The molecule has 3 N–H and O–H groups in total. The third-order valence-electron chi connectivity index (χ3n) is 3.47. The number of benzene rings is 2. The number of phenolic OH excluding ortho intramolecular Hbond substituents is 1. The number of aromatic hydroxyl groups is 1. The zero-order chi connectivity index (χ0) is 15.4. The van der Waals surface area contributed by atoms with E-state index >= 15 is 0 Å². The SMILES string of the molecule is Cc1ccc(O)c(C(=O)N(C)Cc2ccccc2CN)c1. The fourth-order valence-corrected chi connectivity index (χ4v) is 2.27. The number of carbonyl (C=O) groups excluding carboxylic acids is 1. The van der Waals surface area contributed by atoms with Gasteiger partial charge in [-0.15, -0.1) is 0 Å². The first-order chi connectivity index (χ1) is 10.0. The summed E-state index contributed by atoms with van der Waals surface area (Å²) in [4.78, 5) is 14.0. The molecule has 0 aliphatic rings. The van der Waals surface area contributed by atoms with Crippen molar-refractivity contribution < 1.29 is 9.90 Å². The summed E-state index contributed by atoms with van der Waals surface area (Å²) in [6, 6.07) is 12.8. The average Bonchev–Trinajstić information content (AvgIpc) is 2.49. The highest BCUT2D eigenvalue weighted by molar-refractivity contribution is 5.96. The lowest BCUT2D eigenvalue weighted by Gasteiger charge is -2.19. The molecule has 0 heterocycles. The van der Waals surface area contributed by atoms with Crippen molar-refractivity contribution in [2.24, 2.45) is 5.73 Å². The maximum Gasteiger partial charge on any atom is 0.257 e. The van der Waals surface area contributed by atoms with Gasteiger partial charge < -0.3 is 15.7 Å². The van der Waals surface area contributed by atoms with E-state index in [4.69, 9.17) is 5.73 Å². The van der Waals surface area contributed by atoms with E-state index < -0.39 is 0 Å².